The van der Waals surface area contributed by atoms with Gasteiger partial charge >= 0.3 is 0 Å². The summed E-state index contributed by atoms with van der Waals surface area (Å²) in [5.74, 6) is 2.84. The van der Waals surface area contributed by atoms with Gasteiger partial charge < -0.3 is 23.8 Å². The third kappa shape index (κ3) is 4.93. The number of ether oxygens (including phenoxy) is 4. The zero-order valence-electron chi connectivity index (χ0n) is 32.6. The second-order valence-corrected chi connectivity index (χ2v) is 18.1. The minimum absolute atomic E-state index is 0.150. The van der Waals surface area contributed by atoms with E-state index in [0.29, 0.717) is 19.8 Å². The van der Waals surface area contributed by atoms with E-state index in [1.54, 1.807) is 7.11 Å². The number of benzene rings is 5. The molecule has 276 valence electrons. The van der Waals surface area contributed by atoms with Gasteiger partial charge in [-0.05, 0) is 83.5 Å². The predicted octanol–water partition coefficient (Wildman–Crippen LogP) is 10.8. The Balaban J connectivity index is 1.33. The van der Waals surface area contributed by atoms with E-state index in [9.17, 15) is 0 Å². The van der Waals surface area contributed by atoms with Gasteiger partial charge in [0.15, 0.2) is 5.60 Å². The molecule has 5 aromatic carbocycles. The Bertz CT molecular complexity index is 2330. The molecule has 1 unspecified atom stereocenters. The first-order valence-corrected chi connectivity index (χ1v) is 19.9. The van der Waals surface area contributed by atoms with Crippen molar-refractivity contribution in [2.45, 2.75) is 71.3 Å². The number of hydrogen-bond donors (Lipinski definition) is 0. The Morgan fingerprint density at radius 3 is 2.15 bits per heavy atom. The van der Waals surface area contributed by atoms with E-state index in [2.05, 4.69) is 131 Å². The third-order valence-corrected chi connectivity index (χ3v) is 13.0. The van der Waals surface area contributed by atoms with Crippen molar-refractivity contribution in [2.75, 3.05) is 44.9 Å². The van der Waals surface area contributed by atoms with Gasteiger partial charge in [0.25, 0.3) is 0 Å². The number of methoxy groups -OCH3 is 1. The number of fused-ring (bicyclic) bond motifs is 12. The molecule has 1 spiro atoms. The van der Waals surface area contributed by atoms with Crippen molar-refractivity contribution in [2.24, 2.45) is 10.8 Å². The summed E-state index contributed by atoms with van der Waals surface area (Å²) in [7, 11) is 1.72. The fourth-order valence-electron chi connectivity index (χ4n) is 11.7. The van der Waals surface area contributed by atoms with Crippen molar-refractivity contribution in [1.82, 2.24) is 0 Å². The molecule has 10 rings (SSSR count). The fourth-order valence-corrected chi connectivity index (χ4v) is 11.7. The molecule has 5 aliphatic rings. The molecule has 5 nitrogen and oxygen atoms in total. The SMILES string of the molecule is COc1ccc(C2(c3ccc(C)cc3)C=Cc3c4c(c5c6c(c(N7CCOCC7)cc5c3O2)OCC6)-c2ccccc2C42CC(C)(C)CC(C)(C)C2)cc1. The van der Waals surface area contributed by atoms with E-state index < -0.39 is 5.60 Å². The third-order valence-electron chi connectivity index (χ3n) is 13.0. The van der Waals surface area contributed by atoms with Crippen molar-refractivity contribution in [3.05, 3.63) is 124 Å². The van der Waals surface area contributed by atoms with Crippen LogP contribution in [0.5, 0.6) is 17.2 Å². The van der Waals surface area contributed by atoms with Gasteiger partial charge in [0, 0.05) is 58.0 Å². The summed E-state index contributed by atoms with van der Waals surface area (Å²) in [6.45, 7) is 15.9. The zero-order chi connectivity index (χ0) is 37.0. The quantitative estimate of drug-likeness (QED) is 0.185. The Morgan fingerprint density at radius 1 is 0.759 bits per heavy atom. The molecule has 0 bridgehead atoms. The van der Waals surface area contributed by atoms with Crippen LogP contribution in [0.4, 0.5) is 5.69 Å². The van der Waals surface area contributed by atoms with Crippen LogP contribution < -0.4 is 19.1 Å². The Morgan fingerprint density at radius 2 is 1.44 bits per heavy atom. The highest BCUT2D eigenvalue weighted by Gasteiger charge is 2.56. The second-order valence-electron chi connectivity index (χ2n) is 18.1. The molecule has 54 heavy (non-hydrogen) atoms. The number of morpholine rings is 1. The summed E-state index contributed by atoms with van der Waals surface area (Å²) in [6.07, 6.45) is 9.02. The number of nitrogens with zero attached hydrogens (tertiary/aromatic N) is 1. The monoisotopic (exact) mass is 717 g/mol. The van der Waals surface area contributed by atoms with E-state index in [1.807, 2.05) is 0 Å². The summed E-state index contributed by atoms with van der Waals surface area (Å²) in [6, 6.07) is 29.0. The van der Waals surface area contributed by atoms with Crippen LogP contribution in [-0.4, -0.2) is 40.0 Å². The van der Waals surface area contributed by atoms with Crippen LogP contribution >= 0.6 is 0 Å². The smallest absolute Gasteiger partial charge is 0.178 e. The molecular weight excluding hydrogens is 667 g/mol. The van der Waals surface area contributed by atoms with Crippen LogP contribution in [0.25, 0.3) is 28.0 Å². The van der Waals surface area contributed by atoms with E-state index in [0.717, 1.165) is 66.4 Å². The van der Waals surface area contributed by atoms with E-state index >= 15 is 0 Å². The van der Waals surface area contributed by atoms with Gasteiger partial charge in [-0.15, -0.1) is 0 Å². The maximum atomic E-state index is 7.87. The average molecular weight is 718 g/mol. The van der Waals surface area contributed by atoms with Crippen LogP contribution in [0.2, 0.25) is 0 Å². The van der Waals surface area contributed by atoms with Crippen molar-refractivity contribution >= 4 is 22.5 Å². The highest BCUT2D eigenvalue weighted by Crippen LogP contribution is 2.67. The van der Waals surface area contributed by atoms with E-state index in [-0.39, 0.29) is 16.2 Å². The average Bonchev–Trinajstić information content (AvgIpc) is 3.76. The fraction of sp³-hybridized carbons (Fsp3) is 0.388. The van der Waals surface area contributed by atoms with E-state index in [1.165, 1.54) is 56.1 Å². The van der Waals surface area contributed by atoms with E-state index in [4.69, 9.17) is 18.9 Å². The molecule has 1 atom stereocenters. The van der Waals surface area contributed by atoms with Crippen LogP contribution in [-0.2, 0) is 22.2 Å². The molecule has 3 heterocycles. The molecule has 2 aliphatic carbocycles. The van der Waals surface area contributed by atoms with Crippen molar-refractivity contribution in [3.8, 4) is 28.4 Å². The molecule has 2 fully saturated rings. The first-order chi connectivity index (χ1) is 26.0. The first kappa shape index (κ1) is 33.8. The minimum Gasteiger partial charge on any atom is -0.497 e. The van der Waals surface area contributed by atoms with Gasteiger partial charge in [-0.2, -0.15) is 0 Å². The van der Waals surface area contributed by atoms with Crippen LogP contribution in [0.1, 0.15) is 85.9 Å². The van der Waals surface area contributed by atoms with Gasteiger partial charge in [-0.25, -0.2) is 0 Å². The lowest BCUT2D eigenvalue weighted by Crippen LogP contribution is -2.44. The molecule has 1 saturated carbocycles. The van der Waals surface area contributed by atoms with Gasteiger partial charge in [0.05, 0.1) is 32.6 Å². The largest absolute Gasteiger partial charge is 0.497 e. The minimum atomic E-state index is -0.855. The normalized spacial score (nSPS) is 22.6. The standard InChI is InChI=1S/C49H51NO4/c1-31-11-13-32(14-12-31)49(33-15-17-34(51-6)18-16-33)21-19-37-43-42(35-9-7-8-10-39(35)48(43)29-46(2,3)28-47(4,5)30-48)41-36-20-24-53-45(36)40(27-38(41)44(37)54-49)50-22-25-52-26-23-50/h7-19,21,27H,20,22-26,28-30H2,1-6H3. The lowest BCUT2D eigenvalue weighted by atomic mass is 9.52. The van der Waals surface area contributed by atoms with Crippen LogP contribution in [0, 0.1) is 17.8 Å². The predicted molar refractivity (Wildman–Crippen MR) is 218 cm³/mol. The summed E-state index contributed by atoms with van der Waals surface area (Å²) in [5.41, 5.74) is 12.1. The molecule has 5 heteroatoms. The molecule has 0 N–H and O–H groups in total. The van der Waals surface area contributed by atoms with Crippen LogP contribution in [0.3, 0.4) is 0 Å². The zero-order valence-corrected chi connectivity index (χ0v) is 32.6. The maximum Gasteiger partial charge on any atom is 0.178 e. The summed E-state index contributed by atoms with van der Waals surface area (Å²) in [4.78, 5) is 2.46. The van der Waals surface area contributed by atoms with Gasteiger partial charge in [0.2, 0.25) is 0 Å². The van der Waals surface area contributed by atoms with Crippen LogP contribution in [0.15, 0.2) is 84.9 Å². The summed E-state index contributed by atoms with van der Waals surface area (Å²) in [5, 5.41) is 2.48. The topological polar surface area (TPSA) is 40.2 Å². The van der Waals surface area contributed by atoms with Crippen molar-refractivity contribution in [3.63, 3.8) is 0 Å². The lowest BCUT2D eigenvalue weighted by molar-refractivity contribution is 0.0642. The number of aryl methyl sites for hydroxylation is 1. The molecule has 1 saturated heterocycles. The highest BCUT2D eigenvalue weighted by molar-refractivity contribution is 6.12. The molecule has 3 aliphatic heterocycles. The maximum absolute atomic E-state index is 7.87. The van der Waals surface area contributed by atoms with Crippen molar-refractivity contribution in [1.29, 1.82) is 0 Å². The van der Waals surface area contributed by atoms with Gasteiger partial charge in [-0.1, -0.05) is 100.0 Å². The van der Waals surface area contributed by atoms with Gasteiger partial charge in [0.1, 0.15) is 17.2 Å². The molecule has 0 radical (unpaired) electrons. The number of rotatable bonds is 4. The molecule has 5 aromatic rings. The van der Waals surface area contributed by atoms with Gasteiger partial charge in [-0.3, -0.25) is 0 Å². The van der Waals surface area contributed by atoms with Crippen molar-refractivity contribution < 1.29 is 18.9 Å². The molecule has 0 amide bonds. The molecule has 0 aromatic heterocycles. The Hall–Kier alpha value is -4.74. The Kier molecular flexibility index (Phi) is 7.44. The first-order valence-electron chi connectivity index (χ1n) is 19.9. The number of anilines is 1. The summed E-state index contributed by atoms with van der Waals surface area (Å²) >= 11 is 0. The Labute approximate surface area is 319 Å². The lowest BCUT2D eigenvalue weighted by Gasteiger charge is -2.52. The molecular formula is C49H51NO4. The second kappa shape index (κ2) is 11.9. The number of hydrogen-bond acceptors (Lipinski definition) is 5. The summed E-state index contributed by atoms with van der Waals surface area (Å²) < 4.78 is 26.0. The highest BCUT2D eigenvalue weighted by atomic mass is 16.5.